The molecule has 1 heterocycles. The number of aromatic nitrogens is 2. The zero-order valence-electron chi connectivity index (χ0n) is 12.9. The maximum Gasteiger partial charge on any atom is 0.158 e. The molecule has 0 amide bonds. The quantitative estimate of drug-likeness (QED) is 0.909. The van der Waals surface area contributed by atoms with Gasteiger partial charge in [0.1, 0.15) is 11.7 Å². The van der Waals surface area contributed by atoms with Crippen LogP contribution < -0.4 is 4.74 Å². The van der Waals surface area contributed by atoms with E-state index in [0.29, 0.717) is 24.6 Å². The van der Waals surface area contributed by atoms with Crippen molar-refractivity contribution in [2.24, 2.45) is 17.3 Å². The van der Waals surface area contributed by atoms with Crippen LogP contribution in [0.5, 0.6) is 5.75 Å². The van der Waals surface area contributed by atoms with Crippen LogP contribution in [0, 0.1) is 31.1 Å². The summed E-state index contributed by atoms with van der Waals surface area (Å²) in [5.74, 6) is 1.50. The van der Waals surface area contributed by atoms with Crippen LogP contribution in [0.3, 0.4) is 0 Å². The number of aliphatic hydroxyl groups excluding tert-OH is 1. The number of aryl methyl sites for hydroxylation is 2. The minimum atomic E-state index is -0.186. The van der Waals surface area contributed by atoms with E-state index in [2.05, 4.69) is 9.97 Å². The molecule has 1 saturated carbocycles. The summed E-state index contributed by atoms with van der Waals surface area (Å²) < 4.78 is 19.5. The Morgan fingerprint density at radius 3 is 2.91 bits per heavy atom. The molecule has 1 N–H and O–H groups in total. The van der Waals surface area contributed by atoms with Gasteiger partial charge < -0.3 is 9.84 Å². The van der Waals surface area contributed by atoms with Crippen molar-refractivity contribution in [3.63, 3.8) is 0 Å². The molecule has 0 radical (unpaired) electrons. The SMILES string of the molecule is Cc1ncc(OC[C@@]2(C3C=CC=C(F)C3)C[C@H]2CO)c(C)n1. The molecule has 2 aliphatic carbocycles. The van der Waals surface area contributed by atoms with E-state index in [1.807, 2.05) is 19.9 Å². The molecule has 1 aromatic heterocycles. The third-order valence-electron chi connectivity index (χ3n) is 4.82. The molecule has 1 aromatic rings. The van der Waals surface area contributed by atoms with Gasteiger partial charge in [-0.05, 0) is 38.2 Å². The zero-order chi connectivity index (χ0) is 15.7. The fourth-order valence-electron chi connectivity index (χ4n) is 3.35. The average molecular weight is 304 g/mol. The molecule has 3 atom stereocenters. The van der Waals surface area contributed by atoms with Crippen molar-refractivity contribution in [1.82, 2.24) is 9.97 Å². The van der Waals surface area contributed by atoms with Crippen LogP contribution in [0.15, 0.2) is 30.3 Å². The number of ether oxygens (including phenoxy) is 1. The lowest BCUT2D eigenvalue weighted by atomic mass is 9.82. The summed E-state index contributed by atoms with van der Waals surface area (Å²) in [4.78, 5) is 8.45. The summed E-state index contributed by atoms with van der Waals surface area (Å²) in [5, 5.41) is 9.51. The van der Waals surface area contributed by atoms with Gasteiger partial charge in [0, 0.05) is 18.4 Å². The Morgan fingerprint density at radius 2 is 2.27 bits per heavy atom. The third kappa shape index (κ3) is 2.77. The lowest BCUT2D eigenvalue weighted by Crippen LogP contribution is -2.26. The summed E-state index contributed by atoms with van der Waals surface area (Å²) in [6.07, 6.45) is 8.22. The van der Waals surface area contributed by atoms with E-state index in [0.717, 1.165) is 12.1 Å². The summed E-state index contributed by atoms with van der Waals surface area (Å²) in [6.45, 7) is 4.29. The molecular formula is C17H21FN2O2. The highest BCUT2D eigenvalue weighted by Gasteiger charge is 2.58. The molecule has 0 spiro atoms. The van der Waals surface area contributed by atoms with Gasteiger partial charge in [0.2, 0.25) is 0 Å². The maximum absolute atomic E-state index is 13.6. The number of hydrogen-bond acceptors (Lipinski definition) is 4. The van der Waals surface area contributed by atoms with Gasteiger partial charge in [-0.25, -0.2) is 14.4 Å². The van der Waals surface area contributed by atoms with Gasteiger partial charge in [-0.2, -0.15) is 0 Å². The number of rotatable bonds is 5. The summed E-state index contributed by atoms with van der Waals surface area (Å²) in [6, 6.07) is 0. The summed E-state index contributed by atoms with van der Waals surface area (Å²) in [7, 11) is 0. The topological polar surface area (TPSA) is 55.2 Å². The second-order valence-corrected chi connectivity index (χ2v) is 6.28. The first-order valence-corrected chi connectivity index (χ1v) is 7.62. The number of aliphatic hydroxyl groups is 1. The molecular weight excluding hydrogens is 283 g/mol. The standard InChI is InChI=1S/C17H21FN2O2/c1-11-16(8-19-12(2)20-11)22-10-17(7-14(17)9-21)13-4-3-5-15(18)6-13/h3-5,8,13-14,21H,6-7,9-10H2,1-2H3/t13?,14-,17+/m0/s1. The van der Waals surface area contributed by atoms with Crippen LogP contribution in [-0.4, -0.2) is 28.3 Å². The van der Waals surface area contributed by atoms with Crippen LogP contribution in [0.25, 0.3) is 0 Å². The van der Waals surface area contributed by atoms with Crippen molar-refractivity contribution in [3.8, 4) is 5.75 Å². The van der Waals surface area contributed by atoms with Gasteiger partial charge in [-0.3, -0.25) is 0 Å². The Hall–Kier alpha value is -1.75. The number of nitrogens with zero attached hydrogens (tertiary/aromatic N) is 2. The van der Waals surface area contributed by atoms with Gasteiger partial charge >= 0.3 is 0 Å². The van der Waals surface area contributed by atoms with Gasteiger partial charge in [-0.1, -0.05) is 12.2 Å². The molecule has 3 rings (SSSR count). The molecule has 5 heteroatoms. The van der Waals surface area contributed by atoms with Gasteiger partial charge in [0.25, 0.3) is 0 Å². The Balaban J connectivity index is 1.73. The average Bonchev–Trinajstić information content (AvgIpc) is 3.21. The van der Waals surface area contributed by atoms with E-state index >= 15 is 0 Å². The van der Waals surface area contributed by atoms with E-state index in [9.17, 15) is 9.50 Å². The summed E-state index contributed by atoms with van der Waals surface area (Å²) in [5.41, 5.74) is 0.614. The van der Waals surface area contributed by atoms with Crippen LogP contribution in [0.4, 0.5) is 4.39 Å². The summed E-state index contributed by atoms with van der Waals surface area (Å²) >= 11 is 0. The number of halogens is 1. The highest BCUT2D eigenvalue weighted by molar-refractivity contribution is 5.25. The van der Waals surface area contributed by atoms with Gasteiger partial charge in [0.15, 0.2) is 5.75 Å². The molecule has 0 aromatic carbocycles. The molecule has 2 aliphatic rings. The lowest BCUT2D eigenvalue weighted by Gasteiger charge is -2.27. The third-order valence-corrected chi connectivity index (χ3v) is 4.82. The Morgan fingerprint density at radius 1 is 1.45 bits per heavy atom. The van der Waals surface area contributed by atoms with E-state index in [-0.39, 0.29) is 29.7 Å². The number of hydrogen-bond donors (Lipinski definition) is 1. The van der Waals surface area contributed by atoms with E-state index in [1.165, 1.54) is 6.08 Å². The Kier molecular flexibility index (Phi) is 4.00. The normalized spacial score (nSPS) is 30.1. The van der Waals surface area contributed by atoms with Gasteiger partial charge in [-0.15, -0.1) is 0 Å². The van der Waals surface area contributed by atoms with E-state index in [1.54, 1.807) is 12.3 Å². The first kappa shape index (κ1) is 15.2. The first-order valence-electron chi connectivity index (χ1n) is 7.62. The van der Waals surface area contributed by atoms with Crippen molar-refractivity contribution >= 4 is 0 Å². The zero-order valence-corrected chi connectivity index (χ0v) is 12.9. The molecule has 4 nitrogen and oxygen atoms in total. The second-order valence-electron chi connectivity index (χ2n) is 6.28. The smallest absolute Gasteiger partial charge is 0.158 e. The van der Waals surface area contributed by atoms with E-state index in [4.69, 9.17) is 4.74 Å². The molecule has 118 valence electrons. The molecule has 1 fully saturated rings. The van der Waals surface area contributed by atoms with E-state index < -0.39 is 0 Å². The first-order chi connectivity index (χ1) is 10.5. The predicted octanol–water partition coefficient (Wildman–Crippen LogP) is 2.90. The van der Waals surface area contributed by atoms with Crippen LogP contribution in [-0.2, 0) is 0 Å². The lowest BCUT2D eigenvalue weighted by molar-refractivity contribution is 0.150. The highest BCUT2D eigenvalue weighted by Crippen LogP contribution is 2.60. The second kappa shape index (κ2) is 5.80. The molecule has 22 heavy (non-hydrogen) atoms. The Labute approximate surface area is 129 Å². The van der Waals surface area contributed by atoms with Crippen LogP contribution in [0.2, 0.25) is 0 Å². The molecule has 1 unspecified atom stereocenters. The minimum absolute atomic E-state index is 0.0707. The maximum atomic E-state index is 13.6. The monoisotopic (exact) mass is 304 g/mol. The van der Waals surface area contributed by atoms with Crippen LogP contribution in [0.1, 0.15) is 24.4 Å². The minimum Gasteiger partial charge on any atom is -0.489 e. The Bertz CT molecular complexity index is 629. The largest absolute Gasteiger partial charge is 0.489 e. The van der Waals surface area contributed by atoms with Crippen LogP contribution >= 0.6 is 0 Å². The fraction of sp³-hybridized carbons (Fsp3) is 0.529. The van der Waals surface area contributed by atoms with Crippen molar-refractivity contribution < 1.29 is 14.2 Å². The fourth-order valence-corrected chi connectivity index (χ4v) is 3.35. The van der Waals surface area contributed by atoms with Crippen molar-refractivity contribution in [2.45, 2.75) is 26.7 Å². The van der Waals surface area contributed by atoms with Crippen molar-refractivity contribution in [1.29, 1.82) is 0 Å². The number of allylic oxidation sites excluding steroid dienone is 4. The molecule has 0 bridgehead atoms. The highest BCUT2D eigenvalue weighted by atomic mass is 19.1. The predicted molar refractivity (Wildman–Crippen MR) is 81.1 cm³/mol. The van der Waals surface area contributed by atoms with Crippen molar-refractivity contribution in [2.75, 3.05) is 13.2 Å². The molecule has 0 saturated heterocycles. The van der Waals surface area contributed by atoms with Gasteiger partial charge in [0.05, 0.1) is 18.5 Å². The molecule has 0 aliphatic heterocycles. The van der Waals surface area contributed by atoms with Crippen molar-refractivity contribution in [3.05, 3.63) is 41.8 Å².